The van der Waals surface area contributed by atoms with Gasteiger partial charge in [-0.2, -0.15) is 4.39 Å². The molecule has 0 radical (unpaired) electrons. The van der Waals surface area contributed by atoms with Gasteiger partial charge in [-0.3, -0.25) is 29.8 Å². The molecule has 0 aliphatic heterocycles. The standard InChI is InChI=1S/C20H21FN6O8/c1-5-25(10-20(29)35-4)18-7-13(22-11(2)28)14(8-19(18)34-3)23-24-15-6-12(21)16(26(30)31)9-17(15)27(32)33/h6-9H,5,10H2,1-4H3,(H,22,28)/b24-23+. The Morgan fingerprint density at radius 2 is 1.69 bits per heavy atom. The molecule has 0 spiro atoms. The van der Waals surface area contributed by atoms with Gasteiger partial charge in [-0.15, -0.1) is 10.2 Å². The molecule has 0 aliphatic rings. The van der Waals surface area contributed by atoms with Gasteiger partial charge in [-0.25, -0.2) is 0 Å². The summed E-state index contributed by atoms with van der Waals surface area (Å²) in [5, 5.41) is 32.3. The molecule has 0 unspecified atom stereocenters. The molecular weight excluding hydrogens is 471 g/mol. The molecule has 2 aromatic carbocycles. The maximum absolute atomic E-state index is 14.1. The van der Waals surface area contributed by atoms with Crippen molar-refractivity contribution in [2.75, 3.05) is 37.5 Å². The lowest BCUT2D eigenvalue weighted by Gasteiger charge is -2.25. The van der Waals surface area contributed by atoms with E-state index in [0.29, 0.717) is 24.4 Å². The van der Waals surface area contributed by atoms with Crippen LogP contribution in [0.3, 0.4) is 0 Å². The smallest absolute Gasteiger partial charge is 0.325 e. The summed E-state index contributed by atoms with van der Waals surface area (Å²) in [6.45, 7) is 3.24. The van der Waals surface area contributed by atoms with Crippen LogP contribution >= 0.6 is 0 Å². The minimum atomic E-state index is -1.34. The van der Waals surface area contributed by atoms with E-state index in [0.717, 1.165) is 0 Å². The number of nitro benzene ring substituents is 2. The summed E-state index contributed by atoms with van der Waals surface area (Å²) < 4.78 is 24.1. The summed E-state index contributed by atoms with van der Waals surface area (Å²) in [6.07, 6.45) is 0. The first-order valence-corrected chi connectivity index (χ1v) is 9.87. The van der Waals surface area contributed by atoms with Crippen LogP contribution in [-0.4, -0.2) is 49.0 Å². The second-order valence-electron chi connectivity index (χ2n) is 6.82. The number of nitrogens with one attached hydrogen (secondary N) is 1. The minimum absolute atomic E-state index is 0.0250. The van der Waals surface area contributed by atoms with Crippen LogP contribution < -0.4 is 15.0 Å². The van der Waals surface area contributed by atoms with E-state index in [4.69, 9.17) is 9.47 Å². The van der Waals surface area contributed by atoms with E-state index in [1.807, 2.05) is 0 Å². The molecule has 1 N–H and O–H groups in total. The van der Waals surface area contributed by atoms with Crippen LogP contribution in [0.4, 0.5) is 38.5 Å². The number of carbonyl (C=O) groups is 2. The number of likely N-dealkylation sites (N-methyl/N-ethyl adjacent to an activating group) is 1. The predicted molar refractivity (Wildman–Crippen MR) is 121 cm³/mol. The molecule has 2 aromatic rings. The van der Waals surface area contributed by atoms with Gasteiger partial charge < -0.3 is 19.7 Å². The number of benzene rings is 2. The molecule has 15 heteroatoms. The molecule has 0 atom stereocenters. The van der Waals surface area contributed by atoms with Gasteiger partial charge in [-0.05, 0) is 13.0 Å². The van der Waals surface area contributed by atoms with Gasteiger partial charge in [-0.1, -0.05) is 0 Å². The number of azo groups is 1. The van der Waals surface area contributed by atoms with E-state index in [1.165, 1.54) is 33.3 Å². The maximum atomic E-state index is 14.1. The quantitative estimate of drug-likeness (QED) is 0.222. The normalized spacial score (nSPS) is 10.7. The van der Waals surface area contributed by atoms with Crippen LogP contribution in [0.1, 0.15) is 13.8 Å². The third kappa shape index (κ3) is 6.43. The number of carbonyl (C=O) groups excluding carboxylic acids is 2. The first-order chi connectivity index (χ1) is 16.5. The van der Waals surface area contributed by atoms with Crippen molar-refractivity contribution in [2.45, 2.75) is 13.8 Å². The number of amides is 1. The second-order valence-corrected chi connectivity index (χ2v) is 6.82. The Kier molecular flexibility index (Phi) is 8.68. The molecule has 0 aromatic heterocycles. The summed E-state index contributed by atoms with van der Waals surface area (Å²) in [4.78, 5) is 45.3. The Balaban J connectivity index is 2.64. The molecule has 14 nitrogen and oxygen atoms in total. The molecule has 0 saturated carbocycles. The van der Waals surface area contributed by atoms with Crippen molar-refractivity contribution < 1.29 is 33.3 Å². The number of halogens is 1. The fraction of sp³-hybridized carbons (Fsp3) is 0.300. The molecule has 1 amide bonds. The van der Waals surface area contributed by atoms with Crippen molar-refractivity contribution in [3.8, 4) is 5.75 Å². The number of nitro groups is 2. The van der Waals surface area contributed by atoms with Gasteiger partial charge in [0.25, 0.3) is 0 Å². The van der Waals surface area contributed by atoms with Gasteiger partial charge in [0, 0.05) is 25.6 Å². The molecule has 0 aliphatic carbocycles. The largest absolute Gasteiger partial charge is 0.494 e. The lowest BCUT2D eigenvalue weighted by atomic mass is 10.2. The van der Waals surface area contributed by atoms with E-state index in [9.17, 15) is 34.2 Å². The Bertz CT molecular complexity index is 1200. The van der Waals surface area contributed by atoms with Gasteiger partial charge in [0.15, 0.2) is 5.69 Å². The summed E-state index contributed by atoms with van der Waals surface area (Å²) >= 11 is 0. The van der Waals surface area contributed by atoms with Gasteiger partial charge >= 0.3 is 17.3 Å². The Morgan fingerprint density at radius 3 is 2.20 bits per heavy atom. The van der Waals surface area contributed by atoms with Gasteiger partial charge in [0.1, 0.15) is 18.0 Å². The highest BCUT2D eigenvalue weighted by Crippen LogP contribution is 2.41. The molecular formula is C20H21FN6O8. The van der Waals surface area contributed by atoms with Crippen molar-refractivity contribution in [1.29, 1.82) is 0 Å². The van der Waals surface area contributed by atoms with Crippen LogP contribution in [0.25, 0.3) is 0 Å². The van der Waals surface area contributed by atoms with Crippen molar-refractivity contribution in [3.05, 3.63) is 50.3 Å². The number of hydrogen-bond donors (Lipinski definition) is 1. The van der Waals surface area contributed by atoms with E-state index < -0.39 is 44.6 Å². The number of anilines is 2. The second kappa shape index (κ2) is 11.4. The summed E-state index contributed by atoms with van der Waals surface area (Å²) in [7, 11) is 2.58. The first kappa shape index (κ1) is 26.6. The molecule has 0 fully saturated rings. The fourth-order valence-corrected chi connectivity index (χ4v) is 2.94. The first-order valence-electron chi connectivity index (χ1n) is 9.87. The zero-order chi connectivity index (χ0) is 26.3. The van der Waals surface area contributed by atoms with Crippen LogP contribution in [0.15, 0.2) is 34.5 Å². The number of methoxy groups -OCH3 is 2. The van der Waals surface area contributed by atoms with Crippen LogP contribution in [0.2, 0.25) is 0 Å². The number of rotatable bonds is 10. The predicted octanol–water partition coefficient (Wildman–Crippen LogP) is 4.02. The van der Waals surface area contributed by atoms with E-state index in [-0.39, 0.29) is 23.7 Å². The average molecular weight is 492 g/mol. The number of esters is 1. The third-order valence-corrected chi connectivity index (χ3v) is 4.58. The molecule has 2 rings (SSSR count). The highest BCUT2D eigenvalue weighted by atomic mass is 19.1. The molecule has 35 heavy (non-hydrogen) atoms. The number of nitrogens with zero attached hydrogens (tertiary/aromatic N) is 5. The van der Waals surface area contributed by atoms with E-state index in [2.05, 4.69) is 15.5 Å². The minimum Gasteiger partial charge on any atom is -0.494 e. The van der Waals surface area contributed by atoms with Crippen LogP contribution in [0, 0.1) is 26.0 Å². The highest BCUT2D eigenvalue weighted by molar-refractivity contribution is 5.94. The van der Waals surface area contributed by atoms with Crippen molar-refractivity contribution in [3.63, 3.8) is 0 Å². The molecule has 0 saturated heterocycles. The van der Waals surface area contributed by atoms with E-state index in [1.54, 1.807) is 11.8 Å². The Morgan fingerprint density at radius 1 is 1.06 bits per heavy atom. The zero-order valence-corrected chi connectivity index (χ0v) is 19.1. The van der Waals surface area contributed by atoms with Crippen molar-refractivity contribution >= 4 is 46.0 Å². The molecule has 0 heterocycles. The molecule has 186 valence electrons. The van der Waals surface area contributed by atoms with Crippen molar-refractivity contribution in [2.24, 2.45) is 10.2 Å². The summed E-state index contributed by atoms with van der Waals surface area (Å²) in [5.74, 6) is -2.14. The Hall–Kier alpha value is -4.69. The summed E-state index contributed by atoms with van der Waals surface area (Å²) in [5.41, 5.74) is -2.05. The Labute approximate surface area is 197 Å². The molecule has 0 bridgehead atoms. The monoisotopic (exact) mass is 492 g/mol. The topological polar surface area (TPSA) is 179 Å². The third-order valence-electron chi connectivity index (χ3n) is 4.58. The highest BCUT2D eigenvalue weighted by Gasteiger charge is 2.25. The van der Waals surface area contributed by atoms with Crippen molar-refractivity contribution in [1.82, 2.24) is 0 Å². The average Bonchev–Trinajstić information content (AvgIpc) is 2.80. The van der Waals surface area contributed by atoms with Gasteiger partial charge in [0.05, 0.1) is 41.5 Å². The number of hydrogen-bond acceptors (Lipinski definition) is 11. The van der Waals surface area contributed by atoms with Crippen LogP contribution in [0.5, 0.6) is 5.75 Å². The van der Waals surface area contributed by atoms with E-state index >= 15 is 0 Å². The summed E-state index contributed by atoms with van der Waals surface area (Å²) in [6, 6.07) is 3.75. The SMILES string of the molecule is CCN(CC(=O)OC)c1cc(NC(C)=O)c(/N=N/c2cc(F)c([N+](=O)[O-])cc2[N+](=O)[O-])cc1OC. The maximum Gasteiger partial charge on any atom is 0.325 e. The van der Waals surface area contributed by atoms with Crippen LogP contribution in [-0.2, 0) is 14.3 Å². The lowest BCUT2D eigenvalue weighted by molar-refractivity contribution is -0.395. The lowest BCUT2D eigenvalue weighted by Crippen LogP contribution is -2.30. The van der Waals surface area contributed by atoms with Gasteiger partial charge in [0.2, 0.25) is 11.7 Å². The fourth-order valence-electron chi connectivity index (χ4n) is 2.94. The number of ether oxygens (including phenoxy) is 2. The zero-order valence-electron chi connectivity index (χ0n) is 19.1.